The molecule has 2 aromatic rings. The van der Waals surface area contributed by atoms with Crippen molar-refractivity contribution < 1.29 is 9.59 Å². The highest BCUT2D eigenvalue weighted by Crippen LogP contribution is 2.23. The van der Waals surface area contributed by atoms with Crippen LogP contribution in [0, 0.1) is 0 Å². The first kappa shape index (κ1) is 16.7. The van der Waals surface area contributed by atoms with Gasteiger partial charge in [-0.2, -0.15) is 0 Å². The van der Waals surface area contributed by atoms with Gasteiger partial charge in [0.15, 0.2) is 0 Å². The molecule has 1 saturated heterocycles. The molecule has 1 aromatic heterocycles. The van der Waals surface area contributed by atoms with Crippen LogP contribution in [0.1, 0.15) is 11.3 Å². The molecule has 2 heterocycles. The lowest BCUT2D eigenvalue weighted by atomic mass is 10.2. The van der Waals surface area contributed by atoms with E-state index in [0.29, 0.717) is 13.1 Å². The summed E-state index contributed by atoms with van der Waals surface area (Å²) in [6, 6.07) is 13.4. The van der Waals surface area contributed by atoms with Crippen LogP contribution in [0.3, 0.4) is 0 Å². The van der Waals surface area contributed by atoms with Crippen molar-refractivity contribution >= 4 is 28.8 Å². The molecule has 0 saturated carbocycles. The first-order chi connectivity index (χ1) is 11.6. The molecule has 1 atom stereocenters. The Labute approximate surface area is 145 Å². The maximum Gasteiger partial charge on any atom is 0.244 e. The van der Waals surface area contributed by atoms with Gasteiger partial charge in [0.25, 0.3) is 0 Å². The molecule has 2 amide bonds. The first-order valence-corrected chi connectivity index (χ1v) is 8.89. The number of carbonyl (C=O) groups is 2. The van der Waals surface area contributed by atoms with Gasteiger partial charge in [-0.25, -0.2) is 0 Å². The van der Waals surface area contributed by atoms with E-state index in [9.17, 15) is 9.59 Å². The minimum Gasteiger partial charge on any atom is -0.350 e. The number of rotatable bonds is 6. The zero-order valence-electron chi connectivity index (χ0n) is 13.6. The minimum atomic E-state index is -0.238. The number of nitrogens with one attached hydrogen (secondary N) is 1. The summed E-state index contributed by atoms with van der Waals surface area (Å²) in [7, 11) is 1.84. The molecule has 0 aliphatic carbocycles. The number of para-hydroxylation sites is 1. The summed E-state index contributed by atoms with van der Waals surface area (Å²) in [5.41, 5.74) is 0.917. The van der Waals surface area contributed by atoms with Crippen molar-refractivity contribution in [1.29, 1.82) is 0 Å². The average molecular weight is 343 g/mol. The van der Waals surface area contributed by atoms with E-state index in [1.807, 2.05) is 59.8 Å². The number of hydrogen-bond acceptors (Lipinski definition) is 4. The van der Waals surface area contributed by atoms with Crippen LogP contribution in [-0.2, 0) is 16.1 Å². The number of likely N-dealkylation sites (N-methyl/N-ethyl adjacent to an activating group) is 1. The van der Waals surface area contributed by atoms with Crippen LogP contribution in [0.5, 0.6) is 0 Å². The molecule has 0 bridgehead atoms. The lowest BCUT2D eigenvalue weighted by Gasteiger charge is -2.23. The second-order valence-electron chi connectivity index (χ2n) is 5.90. The van der Waals surface area contributed by atoms with Gasteiger partial charge in [-0.15, -0.1) is 11.3 Å². The third-order valence-electron chi connectivity index (χ3n) is 4.21. The topological polar surface area (TPSA) is 52.7 Å². The van der Waals surface area contributed by atoms with E-state index in [1.165, 1.54) is 0 Å². The van der Waals surface area contributed by atoms with Crippen LogP contribution >= 0.6 is 11.3 Å². The minimum absolute atomic E-state index is 0.0585. The van der Waals surface area contributed by atoms with Crippen LogP contribution in [0.4, 0.5) is 5.69 Å². The molecule has 6 heteroatoms. The number of thiophene rings is 1. The first-order valence-electron chi connectivity index (χ1n) is 8.01. The summed E-state index contributed by atoms with van der Waals surface area (Å²) in [5, 5.41) is 4.89. The Bertz CT molecular complexity index is 688. The van der Waals surface area contributed by atoms with Crippen LogP contribution in [0.2, 0.25) is 0 Å². The third-order valence-corrected chi connectivity index (χ3v) is 5.09. The Morgan fingerprint density at radius 1 is 1.29 bits per heavy atom. The van der Waals surface area contributed by atoms with Gasteiger partial charge < -0.3 is 10.2 Å². The van der Waals surface area contributed by atoms with Gasteiger partial charge in [-0.1, -0.05) is 24.3 Å². The van der Waals surface area contributed by atoms with Gasteiger partial charge in [0.2, 0.25) is 11.8 Å². The van der Waals surface area contributed by atoms with E-state index in [4.69, 9.17) is 0 Å². The van der Waals surface area contributed by atoms with Gasteiger partial charge in [-0.05, 0) is 37.0 Å². The zero-order valence-corrected chi connectivity index (χ0v) is 14.5. The Morgan fingerprint density at radius 3 is 2.79 bits per heavy atom. The lowest BCUT2D eigenvalue weighted by Crippen LogP contribution is -2.44. The Hall–Kier alpha value is -2.18. The van der Waals surface area contributed by atoms with Crippen molar-refractivity contribution in [3.63, 3.8) is 0 Å². The van der Waals surface area contributed by atoms with E-state index >= 15 is 0 Å². The van der Waals surface area contributed by atoms with Crippen molar-refractivity contribution in [3.05, 3.63) is 52.7 Å². The van der Waals surface area contributed by atoms with Crippen LogP contribution in [-0.4, -0.2) is 42.9 Å². The molecular formula is C18H21N3O2S. The van der Waals surface area contributed by atoms with Gasteiger partial charge in [0.1, 0.15) is 0 Å². The van der Waals surface area contributed by atoms with Gasteiger partial charge in [-0.3, -0.25) is 14.5 Å². The number of hydrogen-bond donors (Lipinski definition) is 1. The molecule has 0 radical (unpaired) electrons. The fourth-order valence-corrected chi connectivity index (χ4v) is 3.57. The SMILES string of the molecule is CN(CC(=O)NCc1cccs1)[C@H]1CCN(c2ccccc2)C1=O. The summed E-state index contributed by atoms with van der Waals surface area (Å²) >= 11 is 1.62. The predicted molar refractivity (Wildman–Crippen MR) is 96.0 cm³/mol. The quantitative estimate of drug-likeness (QED) is 0.874. The number of amides is 2. The normalized spacial score (nSPS) is 17.5. The number of benzene rings is 1. The van der Waals surface area contributed by atoms with E-state index in [2.05, 4.69) is 5.32 Å². The van der Waals surface area contributed by atoms with E-state index in [0.717, 1.165) is 17.0 Å². The molecule has 5 nitrogen and oxygen atoms in total. The Balaban J connectivity index is 1.52. The van der Waals surface area contributed by atoms with E-state index in [-0.39, 0.29) is 24.4 Å². The molecule has 1 fully saturated rings. The molecule has 3 rings (SSSR count). The molecule has 1 aliphatic rings. The van der Waals surface area contributed by atoms with Gasteiger partial charge in [0, 0.05) is 17.1 Å². The lowest BCUT2D eigenvalue weighted by molar-refractivity contribution is -0.125. The molecule has 0 spiro atoms. The zero-order chi connectivity index (χ0) is 16.9. The summed E-state index contributed by atoms with van der Waals surface area (Å²) in [5.74, 6) is 0.00613. The maximum atomic E-state index is 12.6. The number of nitrogens with zero attached hydrogens (tertiary/aromatic N) is 2. The molecule has 24 heavy (non-hydrogen) atoms. The fraction of sp³-hybridized carbons (Fsp3) is 0.333. The molecular weight excluding hydrogens is 322 g/mol. The Morgan fingerprint density at radius 2 is 2.08 bits per heavy atom. The Kier molecular flexibility index (Phi) is 5.27. The highest BCUT2D eigenvalue weighted by Gasteiger charge is 2.35. The van der Waals surface area contributed by atoms with Crippen LogP contribution < -0.4 is 10.2 Å². The van der Waals surface area contributed by atoms with Crippen LogP contribution in [0.15, 0.2) is 47.8 Å². The molecule has 1 aliphatic heterocycles. The molecule has 126 valence electrons. The van der Waals surface area contributed by atoms with Gasteiger partial charge >= 0.3 is 0 Å². The monoisotopic (exact) mass is 343 g/mol. The highest BCUT2D eigenvalue weighted by molar-refractivity contribution is 7.09. The molecule has 0 unspecified atom stereocenters. The molecule has 1 aromatic carbocycles. The van der Waals surface area contributed by atoms with Crippen molar-refractivity contribution in [2.24, 2.45) is 0 Å². The summed E-state index contributed by atoms with van der Waals surface area (Å²) in [4.78, 5) is 29.5. The molecule has 1 N–H and O–H groups in total. The standard InChI is InChI=1S/C18H21N3O2S/c1-20(13-17(22)19-12-15-8-5-11-24-15)16-9-10-21(18(16)23)14-6-3-2-4-7-14/h2-8,11,16H,9-10,12-13H2,1H3,(H,19,22)/t16-/m0/s1. The maximum absolute atomic E-state index is 12.6. The van der Waals surface area contributed by atoms with Gasteiger partial charge in [0.05, 0.1) is 19.1 Å². The number of carbonyl (C=O) groups excluding carboxylic acids is 2. The predicted octanol–water partition coefficient (Wildman–Crippen LogP) is 2.10. The van der Waals surface area contributed by atoms with Crippen LogP contribution in [0.25, 0.3) is 0 Å². The van der Waals surface area contributed by atoms with E-state index in [1.54, 1.807) is 16.2 Å². The summed E-state index contributed by atoms with van der Waals surface area (Å²) < 4.78 is 0. The highest BCUT2D eigenvalue weighted by atomic mass is 32.1. The van der Waals surface area contributed by atoms with Crippen molar-refractivity contribution in [2.75, 3.05) is 25.0 Å². The second kappa shape index (κ2) is 7.59. The largest absolute Gasteiger partial charge is 0.350 e. The fourth-order valence-electron chi connectivity index (χ4n) is 2.93. The van der Waals surface area contributed by atoms with Crippen molar-refractivity contribution in [2.45, 2.75) is 19.0 Å². The second-order valence-corrected chi connectivity index (χ2v) is 6.93. The number of anilines is 1. The third kappa shape index (κ3) is 3.83. The van der Waals surface area contributed by atoms with Crippen molar-refractivity contribution in [1.82, 2.24) is 10.2 Å². The average Bonchev–Trinajstić information content (AvgIpc) is 3.23. The summed E-state index contributed by atoms with van der Waals surface area (Å²) in [6.07, 6.45) is 0.739. The smallest absolute Gasteiger partial charge is 0.244 e. The van der Waals surface area contributed by atoms with Crippen molar-refractivity contribution in [3.8, 4) is 0 Å². The van der Waals surface area contributed by atoms with E-state index < -0.39 is 0 Å². The summed E-state index contributed by atoms with van der Waals surface area (Å²) in [6.45, 7) is 1.46.